The maximum absolute atomic E-state index is 12.7. The Labute approximate surface area is 173 Å². The molecule has 1 fully saturated rings. The van der Waals surface area contributed by atoms with Crippen molar-refractivity contribution in [3.05, 3.63) is 72.8 Å². The van der Waals surface area contributed by atoms with Crippen molar-refractivity contribution < 1.29 is 9.53 Å². The number of benzene rings is 1. The van der Waals surface area contributed by atoms with Gasteiger partial charge in [-0.2, -0.15) is 0 Å². The van der Waals surface area contributed by atoms with Crippen LogP contribution in [0.25, 0.3) is 16.9 Å². The molecule has 1 amide bonds. The van der Waals surface area contributed by atoms with Gasteiger partial charge in [-0.05, 0) is 30.3 Å². The summed E-state index contributed by atoms with van der Waals surface area (Å²) < 4.78 is 7.26. The Morgan fingerprint density at radius 1 is 0.967 bits per heavy atom. The molecule has 4 heterocycles. The number of carbonyl (C=O) groups is 1. The van der Waals surface area contributed by atoms with E-state index in [2.05, 4.69) is 25.2 Å². The van der Waals surface area contributed by atoms with Crippen molar-refractivity contribution in [1.29, 1.82) is 0 Å². The summed E-state index contributed by atoms with van der Waals surface area (Å²) in [5.41, 5.74) is 3.41. The molecule has 0 unspecified atom stereocenters. The molecule has 1 aromatic carbocycles. The molecule has 4 aromatic rings. The Morgan fingerprint density at radius 3 is 2.57 bits per heavy atom. The van der Waals surface area contributed by atoms with Gasteiger partial charge in [-0.25, -0.2) is 15.0 Å². The van der Waals surface area contributed by atoms with Gasteiger partial charge in [0.1, 0.15) is 17.7 Å². The topological polar surface area (TPSA) is 85.2 Å². The van der Waals surface area contributed by atoms with Gasteiger partial charge in [-0.3, -0.25) is 9.36 Å². The number of morpholine rings is 1. The number of para-hydroxylation sites is 1. The number of anilines is 2. The standard InChI is InChI=1S/C22H20N6O2/c29-22(26-17-6-7-20(23-14-17)27-8-10-30-11-9-27)16-12-19-21(24-13-16)28(15-25-19)18-4-2-1-3-5-18/h1-7,12-15H,8-11H2,(H,26,29). The Balaban J connectivity index is 1.32. The van der Waals surface area contributed by atoms with E-state index in [4.69, 9.17) is 4.74 Å². The zero-order valence-electron chi connectivity index (χ0n) is 16.2. The monoisotopic (exact) mass is 400 g/mol. The van der Waals surface area contributed by atoms with Crippen LogP contribution in [-0.4, -0.2) is 51.7 Å². The van der Waals surface area contributed by atoms with Crippen LogP contribution in [0.5, 0.6) is 0 Å². The first-order valence-corrected chi connectivity index (χ1v) is 9.76. The van der Waals surface area contributed by atoms with Crippen LogP contribution in [0.4, 0.5) is 11.5 Å². The lowest BCUT2D eigenvalue weighted by molar-refractivity contribution is 0.102. The van der Waals surface area contributed by atoms with E-state index in [-0.39, 0.29) is 5.91 Å². The van der Waals surface area contributed by atoms with E-state index in [1.54, 1.807) is 24.8 Å². The second-order valence-corrected chi connectivity index (χ2v) is 6.98. The average Bonchev–Trinajstić information content (AvgIpc) is 3.24. The molecule has 0 spiro atoms. The van der Waals surface area contributed by atoms with Gasteiger partial charge in [-0.1, -0.05) is 18.2 Å². The van der Waals surface area contributed by atoms with Crippen LogP contribution < -0.4 is 10.2 Å². The van der Waals surface area contributed by atoms with Gasteiger partial charge in [0, 0.05) is 25.0 Å². The van der Waals surface area contributed by atoms with E-state index in [0.717, 1.165) is 24.6 Å². The van der Waals surface area contributed by atoms with Crippen LogP contribution in [0.15, 0.2) is 67.3 Å². The summed E-state index contributed by atoms with van der Waals surface area (Å²) in [7, 11) is 0. The highest BCUT2D eigenvalue weighted by atomic mass is 16.5. The highest BCUT2D eigenvalue weighted by molar-refractivity contribution is 6.05. The predicted octanol–water partition coefficient (Wildman–Crippen LogP) is 2.90. The smallest absolute Gasteiger partial charge is 0.257 e. The van der Waals surface area contributed by atoms with E-state index >= 15 is 0 Å². The fourth-order valence-electron chi connectivity index (χ4n) is 3.45. The van der Waals surface area contributed by atoms with Crippen LogP contribution >= 0.6 is 0 Å². The van der Waals surface area contributed by atoms with Crippen molar-refractivity contribution in [2.45, 2.75) is 0 Å². The van der Waals surface area contributed by atoms with Gasteiger partial charge in [0.05, 0.1) is 30.7 Å². The highest BCUT2D eigenvalue weighted by Crippen LogP contribution is 2.19. The Morgan fingerprint density at radius 2 is 1.80 bits per heavy atom. The molecule has 150 valence electrons. The Hall–Kier alpha value is -3.78. The summed E-state index contributed by atoms with van der Waals surface area (Å²) in [5.74, 6) is 0.630. The maximum Gasteiger partial charge on any atom is 0.257 e. The molecule has 5 rings (SSSR count). The van der Waals surface area contributed by atoms with Crippen molar-refractivity contribution in [3.63, 3.8) is 0 Å². The number of rotatable bonds is 4. The van der Waals surface area contributed by atoms with Crippen LogP contribution in [0.3, 0.4) is 0 Å². The molecule has 0 saturated carbocycles. The highest BCUT2D eigenvalue weighted by Gasteiger charge is 2.14. The molecule has 0 radical (unpaired) electrons. The SMILES string of the molecule is O=C(Nc1ccc(N2CCOCC2)nc1)c1cnc2c(c1)ncn2-c1ccccc1. The maximum atomic E-state index is 12.7. The molecule has 30 heavy (non-hydrogen) atoms. The molecule has 8 nitrogen and oxygen atoms in total. The van der Waals surface area contributed by atoms with E-state index in [9.17, 15) is 4.79 Å². The number of imidazole rings is 1. The van der Waals surface area contributed by atoms with E-state index in [0.29, 0.717) is 35.6 Å². The summed E-state index contributed by atoms with van der Waals surface area (Å²) in [6.45, 7) is 3.05. The number of fused-ring (bicyclic) bond motifs is 1. The summed E-state index contributed by atoms with van der Waals surface area (Å²) in [6, 6.07) is 15.3. The van der Waals surface area contributed by atoms with Crippen molar-refractivity contribution in [1.82, 2.24) is 19.5 Å². The van der Waals surface area contributed by atoms with Crippen molar-refractivity contribution in [2.75, 3.05) is 36.5 Å². The number of aromatic nitrogens is 4. The van der Waals surface area contributed by atoms with E-state index < -0.39 is 0 Å². The third-order valence-electron chi connectivity index (χ3n) is 5.03. The first-order chi connectivity index (χ1) is 14.8. The number of amides is 1. The molecular weight excluding hydrogens is 380 g/mol. The van der Waals surface area contributed by atoms with Crippen molar-refractivity contribution in [3.8, 4) is 5.69 Å². The first-order valence-electron chi connectivity index (χ1n) is 9.76. The van der Waals surface area contributed by atoms with Crippen LogP contribution in [0, 0.1) is 0 Å². The molecule has 0 bridgehead atoms. The Kier molecular flexibility index (Phi) is 4.82. The third-order valence-corrected chi connectivity index (χ3v) is 5.03. The molecule has 1 aliphatic rings. The molecule has 1 saturated heterocycles. The van der Waals surface area contributed by atoms with Gasteiger partial charge in [0.25, 0.3) is 5.91 Å². The van der Waals surface area contributed by atoms with E-state index in [1.807, 2.05) is 47.0 Å². The minimum absolute atomic E-state index is 0.250. The molecule has 0 aliphatic carbocycles. The fraction of sp³-hybridized carbons (Fsp3) is 0.182. The van der Waals surface area contributed by atoms with Crippen LogP contribution in [0.2, 0.25) is 0 Å². The van der Waals surface area contributed by atoms with Gasteiger partial charge >= 0.3 is 0 Å². The summed E-state index contributed by atoms with van der Waals surface area (Å²) in [4.78, 5) is 28.2. The second kappa shape index (κ2) is 7.92. The van der Waals surface area contributed by atoms with E-state index in [1.165, 1.54) is 0 Å². The van der Waals surface area contributed by atoms with Gasteiger partial charge in [0.15, 0.2) is 5.65 Å². The van der Waals surface area contributed by atoms with Gasteiger partial charge in [-0.15, -0.1) is 0 Å². The Bertz CT molecular complexity index is 1170. The van der Waals surface area contributed by atoms with Gasteiger partial charge < -0.3 is 15.0 Å². The van der Waals surface area contributed by atoms with Crippen LogP contribution in [0.1, 0.15) is 10.4 Å². The number of ether oxygens (including phenoxy) is 1. The zero-order valence-corrected chi connectivity index (χ0v) is 16.2. The summed E-state index contributed by atoms with van der Waals surface area (Å²) in [6.07, 6.45) is 4.94. The van der Waals surface area contributed by atoms with Crippen molar-refractivity contribution >= 4 is 28.6 Å². The zero-order chi connectivity index (χ0) is 20.3. The second-order valence-electron chi connectivity index (χ2n) is 6.98. The fourth-order valence-corrected chi connectivity index (χ4v) is 3.45. The molecule has 3 aromatic heterocycles. The molecule has 1 aliphatic heterocycles. The molecule has 1 N–H and O–H groups in total. The number of hydrogen-bond acceptors (Lipinski definition) is 6. The number of pyridine rings is 2. The minimum atomic E-state index is -0.250. The summed E-state index contributed by atoms with van der Waals surface area (Å²) in [5, 5.41) is 2.87. The van der Waals surface area contributed by atoms with Gasteiger partial charge in [0.2, 0.25) is 0 Å². The lowest BCUT2D eigenvalue weighted by Crippen LogP contribution is -2.36. The predicted molar refractivity (Wildman–Crippen MR) is 114 cm³/mol. The normalized spacial score (nSPS) is 14.1. The third kappa shape index (κ3) is 3.60. The first kappa shape index (κ1) is 18.3. The lowest BCUT2D eigenvalue weighted by Gasteiger charge is -2.27. The number of carbonyl (C=O) groups excluding carboxylic acids is 1. The molecular formula is C22H20N6O2. The minimum Gasteiger partial charge on any atom is -0.378 e. The summed E-state index contributed by atoms with van der Waals surface area (Å²) >= 11 is 0. The molecule has 8 heteroatoms. The quantitative estimate of drug-likeness (QED) is 0.567. The average molecular weight is 400 g/mol. The number of hydrogen-bond donors (Lipinski definition) is 1. The van der Waals surface area contributed by atoms with Crippen molar-refractivity contribution in [2.24, 2.45) is 0 Å². The van der Waals surface area contributed by atoms with Crippen LogP contribution in [-0.2, 0) is 4.74 Å². The number of nitrogens with one attached hydrogen (secondary N) is 1. The lowest BCUT2D eigenvalue weighted by atomic mass is 10.2. The molecule has 0 atom stereocenters. The number of nitrogens with zero attached hydrogens (tertiary/aromatic N) is 5. The largest absolute Gasteiger partial charge is 0.378 e.